The molecule has 3 aliphatic rings. The second-order valence-electron chi connectivity index (χ2n) is 7.38. The molecule has 21 heavy (non-hydrogen) atoms. The molecule has 0 radical (unpaired) electrons. The van der Waals surface area contributed by atoms with Gasteiger partial charge in [-0.2, -0.15) is 0 Å². The molecular formula is C18H25BrN2. The molecule has 1 aromatic carbocycles. The normalized spacial score (nSPS) is 37.2. The maximum Gasteiger partial charge on any atom is 0.0175 e. The third-order valence-electron chi connectivity index (χ3n) is 5.94. The van der Waals surface area contributed by atoms with E-state index in [1.54, 1.807) is 0 Å². The number of benzene rings is 1. The first kappa shape index (κ1) is 14.2. The van der Waals surface area contributed by atoms with Crippen LogP contribution in [0.2, 0.25) is 0 Å². The maximum absolute atomic E-state index is 3.64. The largest absolute Gasteiger partial charge is 0.316 e. The summed E-state index contributed by atoms with van der Waals surface area (Å²) < 4.78 is 1.18. The van der Waals surface area contributed by atoms with Gasteiger partial charge in [0.1, 0.15) is 0 Å². The lowest BCUT2D eigenvalue weighted by atomic mass is 9.66. The van der Waals surface area contributed by atoms with E-state index in [4.69, 9.17) is 0 Å². The molecule has 3 atom stereocenters. The van der Waals surface area contributed by atoms with Gasteiger partial charge >= 0.3 is 0 Å². The molecule has 2 aliphatic heterocycles. The van der Waals surface area contributed by atoms with Gasteiger partial charge in [-0.1, -0.05) is 28.1 Å². The van der Waals surface area contributed by atoms with E-state index < -0.39 is 0 Å². The number of hydrogen-bond acceptors (Lipinski definition) is 2. The van der Waals surface area contributed by atoms with Crippen LogP contribution in [0.4, 0.5) is 0 Å². The van der Waals surface area contributed by atoms with Gasteiger partial charge in [-0.3, -0.25) is 4.90 Å². The molecule has 2 saturated heterocycles. The summed E-state index contributed by atoms with van der Waals surface area (Å²) in [5, 5.41) is 3.64. The minimum absolute atomic E-state index is 0.501. The summed E-state index contributed by atoms with van der Waals surface area (Å²) in [4.78, 5) is 2.82. The molecule has 1 saturated carbocycles. The van der Waals surface area contributed by atoms with Gasteiger partial charge in [0.15, 0.2) is 0 Å². The third-order valence-corrected chi connectivity index (χ3v) is 6.47. The fourth-order valence-corrected chi connectivity index (χ4v) is 5.02. The van der Waals surface area contributed by atoms with Crippen LogP contribution in [0.3, 0.4) is 0 Å². The molecule has 0 bridgehead atoms. The predicted octanol–water partition coefficient (Wildman–Crippen LogP) is 3.77. The Morgan fingerprint density at radius 2 is 2.00 bits per heavy atom. The standard InChI is InChI=1S/C18H25BrN2/c1-13-10-18(12-21(13)16-6-7-16)8-9-20-11-17(18)14-2-4-15(19)5-3-14/h2-5,13,16-17,20H,6-12H2,1H3. The van der Waals surface area contributed by atoms with Crippen LogP contribution in [0, 0.1) is 5.41 Å². The topological polar surface area (TPSA) is 15.3 Å². The van der Waals surface area contributed by atoms with Gasteiger partial charge in [-0.05, 0) is 62.3 Å². The second kappa shape index (κ2) is 5.36. The lowest BCUT2D eigenvalue weighted by Gasteiger charge is -2.42. The molecule has 4 rings (SSSR count). The fraction of sp³-hybridized carbons (Fsp3) is 0.667. The molecule has 3 fully saturated rings. The molecule has 1 aliphatic carbocycles. The van der Waals surface area contributed by atoms with Gasteiger partial charge in [0.2, 0.25) is 0 Å². The first-order chi connectivity index (χ1) is 10.2. The molecule has 3 unspecified atom stereocenters. The zero-order valence-electron chi connectivity index (χ0n) is 12.8. The smallest absolute Gasteiger partial charge is 0.0175 e. The first-order valence-corrected chi connectivity index (χ1v) is 9.19. The van der Waals surface area contributed by atoms with Crippen molar-refractivity contribution in [3.63, 3.8) is 0 Å². The highest BCUT2D eigenvalue weighted by Gasteiger charge is 2.51. The Morgan fingerprint density at radius 3 is 2.71 bits per heavy atom. The molecule has 0 aromatic heterocycles. The second-order valence-corrected chi connectivity index (χ2v) is 8.29. The van der Waals surface area contributed by atoms with Crippen molar-refractivity contribution in [1.82, 2.24) is 10.2 Å². The number of piperidine rings is 1. The van der Waals surface area contributed by atoms with Crippen molar-refractivity contribution in [3.05, 3.63) is 34.3 Å². The average molecular weight is 349 g/mol. The Kier molecular flexibility index (Phi) is 3.63. The third kappa shape index (κ3) is 2.58. The summed E-state index contributed by atoms with van der Waals surface area (Å²) in [6, 6.07) is 10.7. The summed E-state index contributed by atoms with van der Waals surface area (Å²) in [5.41, 5.74) is 2.02. The molecule has 1 spiro atoms. The zero-order valence-corrected chi connectivity index (χ0v) is 14.4. The van der Waals surface area contributed by atoms with Crippen LogP contribution >= 0.6 is 15.9 Å². The van der Waals surface area contributed by atoms with Gasteiger partial charge in [0.25, 0.3) is 0 Å². The van der Waals surface area contributed by atoms with Crippen LogP contribution in [0.25, 0.3) is 0 Å². The highest BCUT2D eigenvalue weighted by atomic mass is 79.9. The van der Waals surface area contributed by atoms with Crippen molar-refractivity contribution in [1.29, 1.82) is 0 Å². The predicted molar refractivity (Wildman–Crippen MR) is 90.6 cm³/mol. The minimum Gasteiger partial charge on any atom is -0.316 e. The average Bonchev–Trinajstić information content (AvgIpc) is 3.26. The number of nitrogens with one attached hydrogen (secondary N) is 1. The van der Waals surface area contributed by atoms with Gasteiger partial charge < -0.3 is 5.32 Å². The van der Waals surface area contributed by atoms with E-state index in [1.807, 2.05) is 0 Å². The van der Waals surface area contributed by atoms with Crippen molar-refractivity contribution in [2.45, 2.75) is 50.6 Å². The van der Waals surface area contributed by atoms with Crippen molar-refractivity contribution in [3.8, 4) is 0 Å². The van der Waals surface area contributed by atoms with E-state index in [9.17, 15) is 0 Å². The van der Waals surface area contributed by atoms with Crippen LogP contribution in [0.5, 0.6) is 0 Å². The molecule has 1 N–H and O–H groups in total. The molecule has 3 heteroatoms. The van der Waals surface area contributed by atoms with Crippen molar-refractivity contribution < 1.29 is 0 Å². The summed E-state index contributed by atoms with van der Waals surface area (Å²) in [5.74, 6) is 0.672. The lowest BCUT2D eigenvalue weighted by Crippen LogP contribution is -2.45. The minimum atomic E-state index is 0.501. The maximum atomic E-state index is 3.64. The van der Waals surface area contributed by atoms with Crippen LogP contribution in [-0.4, -0.2) is 36.6 Å². The number of hydrogen-bond donors (Lipinski definition) is 1. The Bertz CT molecular complexity index is 510. The number of nitrogens with zero attached hydrogens (tertiary/aromatic N) is 1. The summed E-state index contributed by atoms with van der Waals surface area (Å²) in [6.45, 7) is 6.11. The first-order valence-electron chi connectivity index (χ1n) is 8.40. The number of halogens is 1. The van der Waals surface area contributed by atoms with Crippen LogP contribution in [0.15, 0.2) is 28.7 Å². The summed E-state index contributed by atoms with van der Waals surface area (Å²) in [7, 11) is 0. The molecule has 2 heterocycles. The number of likely N-dealkylation sites (tertiary alicyclic amines) is 1. The van der Waals surface area contributed by atoms with Gasteiger partial charge in [-0.15, -0.1) is 0 Å². The van der Waals surface area contributed by atoms with Crippen molar-refractivity contribution in [2.24, 2.45) is 5.41 Å². The zero-order chi connectivity index (χ0) is 14.4. The Balaban J connectivity index is 1.63. The highest BCUT2D eigenvalue weighted by Crippen LogP contribution is 2.52. The summed E-state index contributed by atoms with van der Waals surface area (Å²) in [6.07, 6.45) is 5.58. The molecule has 0 amide bonds. The van der Waals surface area contributed by atoms with E-state index in [1.165, 1.54) is 48.8 Å². The SMILES string of the molecule is CC1CC2(CCNCC2c2ccc(Br)cc2)CN1C1CC1. The molecule has 2 nitrogen and oxygen atoms in total. The Labute approximate surface area is 136 Å². The van der Waals surface area contributed by atoms with Crippen molar-refractivity contribution in [2.75, 3.05) is 19.6 Å². The number of rotatable bonds is 2. The monoisotopic (exact) mass is 348 g/mol. The van der Waals surface area contributed by atoms with E-state index in [0.717, 1.165) is 18.6 Å². The molecular weight excluding hydrogens is 324 g/mol. The van der Waals surface area contributed by atoms with Crippen LogP contribution in [0.1, 0.15) is 44.1 Å². The van der Waals surface area contributed by atoms with Gasteiger partial charge in [0, 0.05) is 35.6 Å². The van der Waals surface area contributed by atoms with E-state index >= 15 is 0 Å². The van der Waals surface area contributed by atoms with Gasteiger partial charge in [-0.25, -0.2) is 0 Å². The molecule has 114 valence electrons. The quantitative estimate of drug-likeness (QED) is 0.874. The van der Waals surface area contributed by atoms with E-state index in [2.05, 4.69) is 57.3 Å². The van der Waals surface area contributed by atoms with Crippen molar-refractivity contribution >= 4 is 15.9 Å². The lowest BCUT2D eigenvalue weighted by molar-refractivity contribution is 0.159. The van der Waals surface area contributed by atoms with E-state index in [-0.39, 0.29) is 0 Å². The highest BCUT2D eigenvalue weighted by molar-refractivity contribution is 9.10. The van der Waals surface area contributed by atoms with Crippen LogP contribution < -0.4 is 5.32 Å². The summed E-state index contributed by atoms with van der Waals surface area (Å²) >= 11 is 3.57. The van der Waals surface area contributed by atoms with E-state index in [0.29, 0.717) is 11.3 Å². The fourth-order valence-electron chi connectivity index (χ4n) is 4.76. The molecule has 1 aromatic rings. The Morgan fingerprint density at radius 1 is 1.24 bits per heavy atom. The Hall–Kier alpha value is -0.380. The van der Waals surface area contributed by atoms with Gasteiger partial charge in [0.05, 0.1) is 0 Å². The van der Waals surface area contributed by atoms with Crippen LogP contribution in [-0.2, 0) is 0 Å².